The first-order valence-corrected chi connectivity index (χ1v) is 9.15. The highest BCUT2D eigenvalue weighted by Crippen LogP contribution is 2.41. The van der Waals surface area contributed by atoms with Gasteiger partial charge in [0.05, 0.1) is 17.6 Å². The van der Waals surface area contributed by atoms with Gasteiger partial charge in [0.15, 0.2) is 0 Å². The van der Waals surface area contributed by atoms with Gasteiger partial charge in [0.25, 0.3) is 0 Å². The second-order valence-corrected chi connectivity index (χ2v) is 7.64. The third kappa shape index (κ3) is 2.68. The highest BCUT2D eigenvalue weighted by Gasteiger charge is 2.26. The van der Waals surface area contributed by atoms with Crippen molar-refractivity contribution < 1.29 is 4.74 Å². The molecule has 4 rings (SSSR count). The summed E-state index contributed by atoms with van der Waals surface area (Å²) in [5.41, 5.74) is 2.49. The second kappa shape index (κ2) is 6.15. The molecule has 5 heteroatoms. The number of hydrogen-bond donors (Lipinski definition) is 0. The van der Waals surface area contributed by atoms with Gasteiger partial charge in [0.1, 0.15) is 17.0 Å². The molecule has 1 fully saturated rings. The van der Waals surface area contributed by atoms with Crippen LogP contribution in [0.5, 0.6) is 0 Å². The predicted molar refractivity (Wildman–Crippen MR) is 99.8 cm³/mol. The van der Waals surface area contributed by atoms with Crippen LogP contribution in [-0.4, -0.2) is 35.3 Å². The monoisotopic (exact) mass is 339 g/mol. The van der Waals surface area contributed by atoms with E-state index in [1.54, 1.807) is 17.7 Å². The molecule has 0 aliphatic carbocycles. The zero-order chi connectivity index (χ0) is 16.7. The van der Waals surface area contributed by atoms with E-state index in [2.05, 4.69) is 66.0 Å². The Bertz CT molecular complexity index is 852. The van der Waals surface area contributed by atoms with Crippen molar-refractivity contribution in [3.05, 3.63) is 41.5 Å². The SMILES string of the molecule is Cc1sc2ncnc(N3C[C@H](C)O[C@@H](C)C3)c2c1-c1ccccc1. The van der Waals surface area contributed by atoms with E-state index in [0.29, 0.717) is 0 Å². The zero-order valence-corrected chi connectivity index (χ0v) is 15.0. The number of ether oxygens (including phenoxy) is 1. The van der Waals surface area contributed by atoms with Crippen LogP contribution in [0.3, 0.4) is 0 Å². The Balaban J connectivity index is 1.91. The molecule has 3 aromatic rings. The van der Waals surface area contributed by atoms with Crippen LogP contribution >= 0.6 is 11.3 Å². The van der Waals surface area contributed by atoms with E-state index in [1.807, 2.05) is 0 Å². The van der Waals surface area contributed by atoms with Gasteiger partial charge in [-0.15, -0.1) is 11.3 Å². The topological polar surface area (TPSA) is 38.2 Å². The van der Waals surface area contributed by atoms with Gasteiger partial charge in [-0.3, -0.25) is 0 Å². The number of fused-ring (bicyclic) bond motifs is 1. The van der Waals surface area contributed by atoms with E-state index in [-0.39, 0.29) is 12.2 Å². The third-order valence-electron chi connectivity index (χ3n) is 4.43. The molecule has 0 radical (unpaired) electrons. The van der Waals surface area contributed by atoms with Crippen molar-refractivity contribution in [2.45, 2.75) is 33.0 Å². The molecule has 124 valence electrons. The standard InChI is InChI=1S/C19H21N3OS/c1-12-9-22(10-13(2)23-12)18-17-16(15-7-5-4-6-8-15)14(3)24-19(17)21-11-20-18/h4-8,11-13H,9-10H2,1-3H3/t12-,13-/m0/s1. The van der Waals surface area contributed by atoms with Gasteiger partial charge in [-0.1, -0.05) is 30.3 Å². The highest BCUT2D eigenvalue weighted by molar-refractivity contribution is 7.19. The summed E-state index contributed by atoms with van der Waals surface area (Å²) >= 11 is 1.74. The maximum atomic E-state index is 5.89. The molecule has 0 saturated carbocycles. The van der Waals surface area contributed by atoms with Crippen molar-refractivity contribution >= 4 is 27.4 Å². The summed E-state index contributed by atoms with van der Waals surface area (Å²) in [6, 6.07) is 10.5. The maximum absolute atomic E-state index is 5.89. The first-order valence-electron chi connectivity index (χ1n) is 8.33. The van der Waals surface area contributed by atoms with E-state index < -0.39 is 0 Å². The molecule has 0 N–H and O–H groups in total. The van der Waals surface area contributed by atoms with Crippen molar-refractivity contribution in [3.63, 3.8) is 0 Å². The lowest BCUT2D eigenvalue weighted by Crippen LogP contribution is -2.45. The lowest BCUT2D eigenvalue weighted by atomic mass is 10.0. The second-order valence-electron chi connectivity index (χ2n) is 6.44. The molecule has 2 aromatic heterocycles. The van der Waals surface area contributed by atoms with E-state index in [1.165, 1.54) is 21.4 Å². The quantitative estimate of drug-likeness (QED) is 0.698. The minimum absolute atomic E-state index is 0.207. The summed E-state index contributed by atoms with van der Waals surface area (Å²) in [6.07, 6.45) is 2.10. The number of morpholine rings is 1. The van der Waals surface area contributed by atoms with Crippen LogP contribution in [-0.2, 0) is 4.74 Å². The maximum Gasteiger partial charge on any atom is 0.141 e. The molecular formula is C19H21N3OS. The number of aromatic nitrogens is 2. The Kier molecular flexibility index (Phi) is 3.98. The van der Waals surface area contributed by atoms with Crippen LogP contribution < -0.4 is 4.90 Å². The molecule has 1 saturated heterocycles. The molecule has 1 aliphatic rings. The van der Waals surface area contributed by atoms with Gasteiger partial charge in [-0.05, 0) is 26.3 Å². The van der Waals surface area contributed by atoms with Crippen molar-refractivity contribution in [1.29, 1.82) is 0 Å². The lowest BCUT2D eigenvalue weighted by molar-refractivity contribution is -0.00537. The predicted octanol–water partition coefficient (Wildman–Crippen LogP) is 4.28. The summed E-state index contributed by atoms with van der Waals surface area (Å²) < 4.78 is 5.89. The summed E-state index contributed by atoms with van der Waals surface area (Å²) in [5, 5.41) is 1.17. The number of anilines is 1. The molecule has 3 heterocycles. The number of hydrogen-bond acceptors (Lipinski definition) is 5. The highest BCUT2D eigenvalue weighted by atomic mass is 32.1. The van der Waals surface area contributed by atoms with Gasteiger partial charge >= 0.3 is 0 Å². The fraction of sp³-hybridized carbons (Fsp3) is 0.368. The first kappa shape index (κ1) is 15.5. The zero-order valence-electron chi connectivity index (χ0n) is 14.2. The molecule has 4 nitrogen and oxygen atoms in total. The molecule has 24 heavy (non-hydrogen) atoms. The normalized spacial score (nSPS) is 21.4. The molecule has 0 unspecified atom stereocenters. The Morgan fingerprint density at radius 1 is 1.08 bits per heavy atom. The van der Waals surface area contributed by atoms with Gasteiger partial charge in [-0.2, -0.15) is 0 Å². The number of nitrogens with zero attached hydrogens (tertiary/aromatic N) is 3. The van der Waals surface area contributed by atoms with Crippen LogP contribution in [0, 0.1) is 6.92 Å². The van der Waals surface area contributed by atoms with Crippen molar-refractivity contribution in [2.24, 2.45) is 0 Å². The summed E-state index contributed by atoms with van der Waals surface area (Å²) in [7, 11) is 0. The fourth-order valence-electron chi connectivity index (χ4n) is 3.57. The molecule has 0 spiro atoms. The Hall–Kier alpha value is -1.98. The van der Waals surface area contributed by atoms with Crippen molar-refractivity contribution in [2.75, 3.05) is 18.0 Å². The van der Waals surface area contributed by atoms with E-state index in [4.69, 9.17) is 4.74 Å². The van der Waals surface area contributed by atoms with Crippen LogP contribution in [0.25, 0.3) is 21.3 Å². The average Bonchev–Trinajstić information content (AvgIpc) is 2.90. The van der Waals surface area contributed by atoms with Gasteiger partial charge in [0, 0.05) is 23.5 Å². The summed E-state index contributed by atoms with van der Waals surface area (Å²) in [5.74, 6) is 1.03. The van der Waals surface area contributed by atoms with Crippen LogP contribution in [0.1, 0.15) is 18.7 Å². The largest absolute Gasteiger partial charge is 0.372 e. The molecule has 0 amide bonds. The summed E-state index contributed by atoms with van der Waals surface area (Å²) in [6.45, 7) is 8.14. The minimum Gasteiger partial charge on any atom is -0.372 e. The summed E-state index contributed by atoms with van der Waals surface area (Å²) in [4.78, 5) is 13.9. The Morgan fingerprint density at radius 2 is 1.79 bits per heavy atom. The molecule has 2 atom stereocenters. The molecular weight excluding hydrogens is 318 g/mol. The fourth-order valence-corrected chi connectivity index (χ4v) is 4.58. The van der Waals surface area contributed by atoms with Gasteiger partial charge < -0.3 is 9.64 Å². The van der Waals surface area contributed by atoms with Crippen LogP contribution in [0.4, 0.5) is 5.82 Å². The number of aryl methyl sites for hydroxylation is 1. The number of rotatable bonds is 2. The van der Waals surface area contributed by atoms with E-state index >= 15 is 0 Å². The van der Waals surface area contributed by atoms with Crippen LogP contribution in [0.15, 0.2) is 36.7 Å². The Labute approximate surface area is 146 Å². The first-order chi connectivity index (χ1) is 11.6. The smallest absolute Gasteiger partial charge is 0.141 e. The average molecular weight is 339 g/mol. The number of thiophene rings is 1. The van der Waals surface area contributed by atoms with E-state index in [0.717, 1.165) is 23.7 Å². The minimum atomic E-state index is 0.207. The number of benzene rings is 1. The van der Waals surface area contributed by atoms with Crippen molar-refractivity contribution in [3.8, 4) is 11.1 Å². The molecule has 1 aliphatic heterocycles. The molecule has 0 bridgehead atoms. The molecule has 1 aromatic carbocycles. The lowest BCUT2D eigenvalue weighted by Gasteiger charge is -2.36. The van der Waals surface area contributed by atoms with Crippen molar-refractivity contribution in [1.82, 2.24) is 9.97 Å². The van der Waals surface area contributed by atoms with Gasteiger partial charge in [-0.25, -0.2) is 9.97 Å². The van der Waals surface area contributed by atoms with Crippen LogP contribution in [0.2, 0.25) is 0 Å². The van der Waals surface area contributed by atoms with E-state index in [9.17, 15) is 0 Å². The third-order valence-corrected chi connectivity index (χ3v) is 5.44. The Morgan fingerprint density at radius 3 is 2.50 bits per heavy atom. The van der Waals surface area contributed by atoms with Gasteiger partial charge in [0.2, 0.25) is 0 Å².